The number of anilines is 1. The lowest BCUT2D eigenvalue weighted by atomic mass is 10.1. The molecule has 1 atom stereocenters. The van der Waals surface area contributed by atoms with Gasteiger partial charge in [-0.15, -0.1) is 0 Å². The second kappa shape index (κ2) is 7.68. The van der Waals surface area contributed by atoms with Gasteiger partial charge in [0.1, 0.15) is 0 Å². The highest BCUT2D eigenvalue weighted by atomic mass is 16.5. The molecule has 0 aromatic heterocycles. The minimum Gasteiger partial charge on any atom is -0.455 e. The molecule has 3 rings (SSSR count). The number of hydrogen-bond acceptors (Lipinski definition) is 5. The molecule has 26 heavy (non-hydrogen) atoms. The monoisotopic (exact) mass is 358 g/mol. The molecular weight excluding hydrogens is 336 g/mol. The molecule has 2 fully saturated rings. The number of hydrogen-bond donors (Lipinski definition) is 0. The summed E-state index contributed by atoms with van der Waals surface area (Å²) in [5, 5.41) is 0. The number of aryl methyl sites for hydroxylation is 1. The van der Waals surface area contributed by atoms with Crippen molar-refractivity contribution in [2.75, 3.05) is 24.6 Å². The number of imide groups is 1. The minimum atomic E-state index is -0.601. The predicted octanol–water partition coefficient (Wildman–Crippen LogP) is 1.29. The van der Waals surface area contributed by atoms with Gasteiger partial charge in [-0.2, -0.15) is 0 Å². The zero-order valence-corrected chi connectivity index (χ0v) is 14.8. The van der Waals surface area contributed by atoms with Crippen LogP contribution in [-0.4, -0.2) is 48.3 Å². The van der Waals surface area contributed by atoms with Crippen LogP contribution in [0.2, 0.25) is 0 Å². The third kappa shape index (κ3) is 3.76. The summed E-state index contributed by atoms with van der Waals surface area (Å²) < 4.78 is 5.06. The first-order chi connectivity index (χ1) is 12.5. The van der Waals surface area contributed by atoms with Gasteiger partial charge >= 0.3 is 5.97 Å². The Labute approximate surface area is 151 Å². The Morgan fingerprint density at radius 3 is 2.50 bits per heavy atom. The van der Waals surface area contributed by atoms with Gasteiger partial charge < -0.3 is 9.64 Å². The second-order valence-corrected chi connectivity index (χ2v) is 6.58. The van der Waals surface area contributed by atoms with Crippen LogP contribution in [0.15, 0.2) is 24.3 Å². The molecule has 2 aliphatic heterocycles. The normalized spacial score (nSPS) is 20.0. The Balaban J connectivity index is 1.54. The first-order valence-electron chi connectivity index (χ1n) is 8.88. The fourth-order valence-corrected chi connectivity index (χ4v) is 3.27. The number of carbonyl (C=O) groups excluding carboxylic acids is 4. The number of nitrogens with zero attached hydrogens (tertiary/aromatic N) is 2. The molecule has 0 saturated carbocycles. The number of ether oxygens (including phenoxy) is 1. The SMILES string of the molecule is CCc1ccc(N2CC(C(=O)OCC(=O)N3CCCC3=O)CC2=O)cc1. The van der Waals surface area contributed by atoms with Crippen molar-refractivity contribution in [2.24, 2.45) is 5.92 Å². The maximum Gasteiger partial charge on any atom is 0.311 e. The zero-order valence-electron chi connectivity index (χ0n) is 14.8. The van der Waals surface area contributed by atoms with E-state index in [-0.39, 0.29) is 24.8 Å². The van der Waals surface area contributed by atoms with E-state index in [0.717, 1.165) is 17.0 Å². The summed E-state index contributed by atoms with van der Waals surface area (Å²) in [6, 6.07) is 7.65. The van der Waals surface area contributed by atoms with Crippen molar-refractivity contribution in [3.8, 4) is 0 Å². The molecule has 0 radical (unpaired) electrons. The Bertz CT molecular complexity index is 728. The summed E-state index contributed by atoms with van der Waals surface area (Å²) in [6.07, 6.45) is 1.96. The van der Waals surface area contributed by atoms with Crippen LogP contribution in [0.1, 0.15) is 31.7 Å². The number of benzene rings is 1. The van der Waals surface area contributed by atoms with Crippen molar-refractivity contribution in [2.45, 2.75) is 32.6 Å². The van der Waals surface area contributed by atoms with Crippen LogP contribution in [0.4, 0.5) is 5.69 Å². The van der Waals surface area contributed by atoms with Gasteiger partial charge in [0.05, 0.1) is 5.92 Å². The molecule has 2 saturated heterocycles. The molecule has 0 N–H and O–H groups in total. The molecule has 1 aromatic rings. The summed E-state index contributed by atoms with van der Waals surface area (Å²) in [5.41, 5.74) is 1.92. The number of carbonyl (C=O) groups is 4. The van der Waals surface area contributed by atoms with E-state index in [2.05, 4.69) is 6.92 Å². The zero-order chi connectivity index (χ0) is 18.7. The largest absolute Gasteiger partial charge is 0.455 e. The van der Waals surface area contributed by atoms with Gasteiger partial charge in [-0.25, -0.2) is 0 Å². The molecular formula is C19H22N2O5. The Kier molecular flexibility index (Phi) is 5.35. The average Bonchev–Trinajstić information content (AvgIpc) is 3.25. The van der Waals surface area contributed by atoms with Gasteiger partial charge in [-0.1, -0.05) is 19.1 Å². The molecule has 1 unspecified atom stereocenters. The smallest absolute Gasteiger partial charge is 0.311 e. The second-order valence-electron chi connectivity index (χ2n) is 6.58. The van der Waals surface area contributed by atoms with Crippen molar-refractivity contribution in [1.29, 1.82) is 0 Å². The van der Waals surface area contributed by atoms with Crippen LogP contribution in [0.25, 0.3) is 0 Å². The molecule has 2 aliphatic rings. The van der Waals surface area contributed by atoms with Crippen LogP contribution in [-0.2, 0) is 30.3 Å². The van der Waals surface area contributed by atoms with E-state index in [4.69, 9.17) is 4.74 Å². The predicted molar refractivity (Wildman–Crippen MR) is 93.2 cm³/mol. The van der Waals surface area contributed by atoms with Crippen LogP contribution in [0, 0.1) is 5.92 Å². The first-order valence-corrected chi connectivity index (χ1v) is 8.88. The van der Waals surface area contributed by atoms with Gasteiger partial charge in [0.25, 0.3) is 5.91 Å². The van der Waals surface area contributed by atoms with Crippen molar-refractivity contribution >= 4 is 29.4 Å². The lowest BCUT2D eigenvalue weighted by Crippen LogP contribution is -2.36. The Morgan fingerprint density at radius 1 is 1.15 bits per heavy atom. The molecule has 138 valence electrons. The van der Waals surface area contributed by atoms with Gasteiger partial charge in [0.2, 0.25) is 11.8 Å². The highest BCUT2D eigenvalue weighted by Crippen LogP contribution is 2.26. The highest BCUT2D eigenvalue weighted by molar-refractivity contribution is 6.00. The summed E-state index contributed by atoms with van der Waals surface area (Å²) in [4.78, 5) is 50.6. The summed E-state index contributed by atoms with van der Waals surface area (Å²) in [6.45, 7) is 2.21. The quantitative estimate of drug-likeness (QED) is 0.741. The summed E-state index contributed by atoms with van der Waals surface area (Å²) >= 11 is 0. The molecule has 1 aromatic carbocycles. The maximum absolute atomic E-state index is 12.2. The van der Waals surface area contributed by atoms with Gasteiger partial charge in [0.15, 0.2) is 6.61 Å². The van der Waals surface area contributed by atoms with E-state index >= 15 is 0 Å². The Hall–Kier alpha value is -2.70. The molecule has 0 spiro atoms. The third-order valence-corrected chi connectivity index (χ3v) is 4.83. The molecule has 7 nitrogen and oxygen atoms in total. The highest BCUT2D eigenvalue weighted by Gasteiger charge is 2.37. The molecule has 7 heteroatoms. The van der Waals surface area contributed by atoms with Crippen molar-refractivity contribution in [3.05, 3.63) is 29.8 Å². The van der Waals surface area contributed by atoms with E-state index in [1.165, 1.54) is 5.56 Å². The Morgan fingerprint density at radius 2 is 1.88 bits per heavy atom. The van der Waals surface area contributed by atoms with Crippen LogP contribution in [0.5, 0.6) is 0 Å². The van der Waals surface area contributed by atoms with E-state index in [9.17, 15) is 19.2 Å². The topological polar surface area (TPSA) is 84.0 Å². The molecule has 2 heterocycles. The van der Waals surface area contributed by atoms with Crippen molar-refractivity contribution in [3.63, 3.8) is 0 Å². The van der Waals surface area contributed by atoms with E-state index < -0.39 is 24.4 Å². The van der Waals surface area contributed by atoms with Crippen LogP contribution < -0.4 is 4.90 Å². The number of esters is 1. The van der Waals surface area contributed by atoms with Gasteiger partial charge in [0, 0.05) is 31.6 Å². The molecule has 3 amide bonds. The van der Waals surface area contributed by atoms with E-state index in [1.54, 1.807) is 4.90 Å². The summed E-state index contributed by atoms with van der Waals surface area (Å²) in [7, 11) is 0. The number of amides is 3. The fourth-order valence-electron chi connectivity index (χ4n) is 3.27. The first kappa shape index (κ1) is 18.1. The van der Waals surface area contributed by atoms with Crippen LogP contribution >= 0.6 is 0 Å². The van der Waals surface area contributed by atoms with Crippen molar-refractivity contribution in [1.82, 2.24) is 4.90 Å². The molecule has 0 aliphatic carbocycles. The number of rotatable bonds is 5. The number of likely N-dealkylation sites (tertiary alicyclic amines) is 1. The maximum atomic E-state index is 12.2. The van der Waals surface area contributed by atoms with E-state index in [0.29, 0.717) is 19.4 Å². The third-order valence-electron chi connectivity index (χ3n) is 4.83. The van der Waals surface area contributed by atoms with Crippen LogP contribution in [0.3, 0.4) is 0 Å². The van der Waals surface area contributed by atoms with Crippen molar-refractivity contribution < 1.29 is 23.9 Å². The van der Waals surface area contributed by atoms with E-state index in [1.807, 2.05) is 24.3 Å². The van der Waals surface area contributed by atoms with Gasteiger partial charge in [-0.05, 0) is 30.5 Å². The average molecular weight is 358 g/mol. The van der Waals surface area contributed by atoms with Gasteiger partial charge in [-0.3, -0.25) is 24.1 Å². The standard InChI is InChI=1S/C19H22N2O5/c1-2-13-5-7-15(8-6-13)21-11-14(10-17(21)23)19(25)26-12-18(24)20-9-3-4-16(20)22/h5-8,14H,2-4,9-12H2,1H3. The molecule has 0 bridgehead atoms. The summed E-state index contributed by atoms with van der Waals surface area (Å²) in [5.74, 6) is -2.06. The lowest BCUT2D eigenvalue weighted by Gasteiger charge is -2.17. The minimum absolute atomic E-state index is 0.0607. The fraction of sp³-hybridized carbons (Fsp3) is 0.474. The lowest BCUT2D eigenvalue weighted by molar-refractivity contribution is -0.157.